The van der Waals surface area contributed by atoms with E-state index in [1.54, 1.807) is 6.07 Å². The molecule has 7 heteroatoms. The molecule has 45 heavy (non-hydrogen) atoms. The first-order valence-corrected chi connectivity index (χ1v) is 16.2. The highest BCUT2D eigenvalue weighted by atomic mass is 35.5. The molecule has 3 heterocycles. The molecular formula is C38H37ClN4O2. The van der Waals surface area contributed by atoms with Gasteiger partial charge in [-0.1, -0.05) is 103 Å². The average molecular weight is 617 g/mol. The van der Waals surface area contributed by atoms with Gasteiger partial charge in [-0.3, -0.25) is 14.5 Å². The first kappa shape index (κ1) is 29.3. The second kappa shape index (κ2) is 12.9. The number of rotatable bonds is 6. The van der Waals surface area contributed by atoms with Crippen LogP contribution in [0.2, 0.25) is 5.02 Å². The normalized spacial score (nSPS) is 17.6. The van der Waals surface area contributed by atoms with Crippen molar-refractivity contribution >= 4 is 34.1 Å². The van der Waals surface area contributed by atoms with Crippen LogP contribution in [0.3, 0.4) is 0 Å². The van der Waals surface area contributed by atoms with Crippen LogP contribution in [0, 0.1) is 5.92 Å². The largest absolute Gasteiger partial charge is 0.366 e. The van der Waals surface area contributed by atoms with Gasteiger partial charge in [0.25, 0.3) is 5.56 Å². The molecular weight excluding hydrogens is 580 g/mol. The number of nitrogens with one attached hydrogen (secondary N) is 1. The molecule has 0 saturated carbocycles. The molecule has 1 aromatic heterocycles. The number of benzene rings is 4. The van der Waals surface area contributed by atoms with E-state index in [0.29, 0.717) is 30.3 Å². The SMILES string of the molecule is O=C([C@H]1CCCN(c2c(-c3ccccc3)c3cc(Cl)ccc3[nH]c2=O)C1)N1CCN(C(c2ccccc2)c2ccccc2)CC1. The van der Waals surface area contributed by atoms with Gasteiger partial charge in [-0.2, -0.15) is 0 Å². The second-order valence-electron chi connectivity index (χ2n) is 12.1. The van der Waals surface area contributed by atoms with Crippen LogP contribution in [0.25, 0.3) is 22.0 Å². The highest BCUT2D eigenvalue weighted by Gasteiger charge is 2.34. The number of pyridine rings is 1. The molecule has 2 fully saturated rings. The molecule has 1 amide bonds. The molecule has 6 nitrogen and oxygen atoms in total. The zero-order valence-electron chi connectivity index (χ0n) is 25.2. The van der Waals surface area contributed by atoms with Gasteiger partial charge in [-0.25, -0.2) is 0 Å². The fourth-order valence-corrected chi connectivity index (χ4v) is 7.35. The van der Waals surface area contributed by atoms with Crippen molar-refractivity contribution in [2.75, 3.05) is 44.2 Å². The van der Waals surface area contributed by atoms with E-state index in [1.165, 1.54) is 11.1 Å². The predicted molar refractivity (Wildman–Crippen MR) is 183 cm³/mol. The number of piperidine rings is 1. The van der Waals surface area contributed by atoms with Crippen LogP contribution in [-0.2, 0) is 4.79 Å². The number of aromatic amines is 1. The van der Waals surface area contributed by atoms with Crippen molar-refractivity contribution in [2.24, 2.45) is 5.92 Å². The van der Waals surface area contributed by atoms with E-state index in [1.807, 2.05) is 47.4 Å². The Hall–Kier alpha value is -4.39. The maximum atomic E-state index is 14.0. The summed E-state index contributed by atoms with van der Waals surface area (Å²) in [5, 5.41) is 1.52. The number of carbonyl (C=O) groups excluding carboxylic acids is 1. The lowest BCUT2D eigenvalue weighted by molar-refractivity contribution is -0.137. The summed E-state index contributed by atoms with van der Waals surface area (Å²) in [4.78, 5) is 37.5. The molecule has 2 saturated heterocycles. The minimum Gasteiger partial charge on any atom is -0.366 e. The molecule has 2 aliphatic heterocycles. The van der Waals surface area contributed by atoms with Crippen LogP contribution in [-0.4, -0.2) is 60.0 Å². The molecule has 1 N–H and O–H groups in total. The van der Waals surface area contributed by atoms with Crippen molar-refractivity contribution in [1.29, 1.82) is 0 Å². The maximum Gasteiger partial charge on any atom is 0.272 e. The zero-order chi connectivity index (χ0) is 30.8. The van der Waals surface area contributed by atoms with E-state index in [4.69, 9.17) is 11.6 Å². The molecule has 0 radical (unpaired) electrons. The Morgan fingerprint density at radius 1 is 0.778 bits per heavy atom. The third kappa shape index (κ3) is 6.00. The lowest BCUT2D eigenvalue weighted by Gasteiger charge is -2.42. The third-order valence-electron chi connectivity index (χ3n) is 9.32. The van der Waals surface area contributed by atoms with Gasteiger partial charge in [0.1, 0.15) is 5.69 Å². The first-order valence-electron chi connectivity index (χ1n) is 15.9. The van der Waals surface area contributed by atoms with Gasteiger partial charge in [0.2, 0.25) is 5.91 Å². The van der Waals surface area contributed by atoms with Gasteiger partial charge >= 0.3 is 0 Å². The molecule has 5 aromatic rings. The Balaban J connectivity index is 1.12. The average Bonchev–Trinajstić information content (AvgIpc) is 3.09. The molecule has 0 bridgehead atoms. The van der Waals surface area contributed by atoms with Crippen molar-refractivity contribution in [1.82, 2.24) is 14.8 Å². The Morgan fingerprint density at radius 2 is 1.40 bits per heavy atom. The van der Waals surface area contributed by atoms with Gasteiger partial charge in [-0.05, 0) is 47.7 Å². The third-order valence-corrected chi connectivity index (χ3v) is 9.56. The number of hydrogen-bond donors (Lipinski definition) is 1. The summed E-state index contributed by atoms with van der Waals surface area (Å²) in [5.41, 5.74) is 5.59. The van der Waals surface area contributed by atoms with Gasteiger partial charge in [0, 0.05) is 60.8 Å². The molecule has 2 aliphatic rings. The van der Waals surface area contributed by atoms with Crippen molar-refractivity contribution in [2.45, 2.75) is 18.9 Å². The fourth-order valence-electron chi connectivity index (χ4n) is 7.18. The van der Waals surface area contributed by atoms with Crippen LogP contribution >= 0.6 is 11.6 Å². The van der Waals surface area contributed by atoms with E-state index in [9.17, 15) is 9.59 Å². The predicted octanol–water partition coefficient (Wildman–Crippen LogP) is 7.00. The number of hydrogen-bond acceptors (Lipinski definition) is 4. The van der Waals surface area contributed by atoms with E-state index in [0.717, 1.165) is 54.5 Å². The number of carbonyl (C=O) groups is 1. The number of fused-ring (bicyclic) bond motifs is 1. The number of H-pyrrole nitrogens is 1. The molecule has 228 valence electrons. The molecule has 0 aliphatic carbocycles. The van der Waals surface area contributed by atoms with Crippen molar-refractivity contribution in [3.63, 3.8) is 0 Å². The Labute approximate surface area is 268 Å². The Bertz CT molecular complexity index is 1800. The van der Waals surface area contributed by atoms with Gasteiger partial charge in [-0.15, -0.1) is 0 Å². The van der Waals surface area contributed by atoms with Crippen LogP contribution in [0.4, 0.5) is 5.69 Å². The standard InChI is InChI=1S/C38H37ClN4O2/c39-31-18-19-33-32(25-31)34(27-11-4-1-5-12-27)36(37(44)40-33)43-20-10-17-30(26-43)38(45)42-23-21-41(22-24-42)35(28-13-6-2-7-14-28)29-15-8-3-9-16-29/h1-9,11-16,18-19,25,30,35H,10,17,20-24,26H2,(H,40,44)/t30-/m0/s1. The highest BCUT2D eigenvalue weighted by molar-refractivity contribution is 6.31. The summed E-state index contributed by atoms with van der Waals surface area (Å²) in [7, 11) is 0. The van der Waals surface area contributed by atoms with Gasteiger partial charge in [0.05, 0.1) is 12.0 Å². The van der Waals surface area contributed by atoms with Crippen molar-refractivity contribution in [3.05, 3.63) is 136 Å². The van der Waals surface area contributed by atoms with Gasteiger partial charge < -0.3 is 14.8 Å². The zero-order valence-corrected chi connectivity index (χ0v) is 26.0. The maximum absolute atomic E-state index is 14.0. The highest BCUT2D eigenvalue weighted by Crippen LogP contribution is 2.37. The smallest absolute Gasteiger partial charge is 0.272 e. The number of piperazine rings is 1. The van der Waals surface area contributed by atoms with E-state index in [2.05, 4.69) is 75.4 Å². The van der Waals surface area contributed by atoms with Crippen molar-refractivity contribution in [3.8, 4) is 11.1 Å². The number of aromatic nitrogens is 1. The summed E-state index contributed by atoms with van der Waals surface area (Å²) in [6, 6.07) is 37.0. The summed E-state index contributed by atoms with van der Waals surface area (Å²) < 4.78 is 0. The Morgan fingerprint density at radius 3 is 2.04 bits per heavy atom. The van der Waals surface area contributed by atoms with Gasteiger partial charge in [0.15, 0.2) is 0 Å². The van der Waals surface area contributed by atoms with E-state index >= 15 is 0 Å². The van der Waals surface area contributed by atoms with Crippen LogP contribution in [0.5, 0.6) is 0 Å². The molecule has 7 rings (SSSR count). The summed E-state index contributed by atoms with van der Waals surface area (Å²) in [6.45, 7) is 4.23. The molecule has 1 atom stereocenters. The number of amides is 1. The minimum absolute atomic E-state index is 0.141. The second-order valence-corrected chi connectivity index (χ2v) is 12.5. The number of anilines is 1. The minimum atomic E-state index is -0.164. The lowest BCUT2D eigenvalue weighted by atomic mass is 9.93. The first-order chi connectivity index (χ1) is 22.1. The molecule has 0 unspecified atom stereocenters. The monoisotopic (exact) mass is 616 g/mol. The molecule has 4 aromatic carbocycles. The van der Waals surface area contributed by atoms with Crippen molar-refractivity contribution < 1.29 is 4.79 Å². The number of halogens is 1. The Kier molecular flexibility index (Phi) is 8.42. The lowest BCUT2D eigenvalue weighted by Crippen LogP contribution is -2.53. The van der Waals surface area contributed by atoms with Crippen LogP contribution < -0.4 is 10.5 Å². The van der Waals surface area contributed by atoms with E-state index in [-0.39, 0.29) is 23.4 Å². The topological polar surface area (TPSA) is 59.7 Å². The fraction of sp³-hybridized carbons (Fsp3) is 0.263. The van der Waals surface area contributed by atoms with Crippen LogP contribution in [0.15, 0.2) is 114 Å². The summed E-state index contributed by atoms with van der Waals surface area (Å²) in [6.07, 6.45) is 1.67. The summed E-state index contributed by atoms with van der Waals surface area (Å²) >= 11 is 6.45. The number of nitrogens with zero attached hydrogens (tertiary/aromatic N) is 3. The summed E-state index contributed by atoms with van der Waals surface area (Å²) in [5.74, 6) is 0.0271. The quantitative estimate of drug-likeness (QED) is 0.223. The molecule has 0 spiro atoms. The van der Waals surface area contributed by atoms with Crippen LogP contribution in [0.1, 0.15) is 30.0 Å². The van der Waals surface area contributed by atoms with E-state index < -0.39 is 0 Å².